The van der Waals surface area contributed by atoms with Gasteiger partial charge in [-0.05, 0) is 41.5 Å². The van der Waals surface area contributed by atoms with Crippen molar-refractivity contribution in [2.24, 2.45) is 0 Å². The van der Waals surface area contributed by atoms with Crippen molar-refractivity contribution in [2.45, 2.75) is 18.0 Å². The molecule has 0 aliphatic heterocycles. The quantitative estimate of drug-likeness (QED) is 0.604. The van der Waals surface area contributed by atoms with Gasteiger partial charge in [-0.25, -0.2) is 8.42 Å². The maximum Gasteiger partial charge on any atom is 0.253 e. The Hall–Kier alpha value is -2.61. The van der Waals surface area contributed by atoms with Gasteiger partial charge in [-0.15, -0.1) is 0 Å². The average Bonchev–Trinajstić information content (AvgIpc) is 2.68. The van der Waals surface area contributed by atoms with Crippen molar-refractivity contribution >= 4 is 38.9 Å². The number of hydrogen-bond donors (Lipinski definition) is 1. The molecule has 0 atom stereocenters. The molecule has 2 aromatic carbocycles. The second-order valence-corrected chi connectivity index (χ2v) is 9.58. The van der Waals surface area contributed by atoms with Gasteiger partial charge in [-0.1, -0.05) is 41.4 Å². The first-order valence-electron chi connectivity index (χ1n) is 8.85. The van der Waals surface area contributed by atoms with Crippen LogP contribution in [0.2, 0.25) is 10.0 Å². The molecule has 1 amide bonds. The maximum absolute atomic E-state index is 12.5. The van der Waals surface area contributed by atoms with Gasteiger partial charge in [0.2, 0.25) is 0 Å². The molecule has 0 saturated carbocycles. The molecule has 9 heteroatoms. The summed E-state index contributed by atoms with van der Waals surface area (Å²) in [5, 5.41) is 3.72. The van der Waals surface area contributed by atoms with Crippen LogP contribution in [0.1, 0.15) is 21.5 Å². The predicted octanol–water partition coefficient (Wildman–Crippen LogP) is 3.54. The van der Waals surface area contributed by atoms with Crippen LogP contribution in [0.25, 0.3) is 0 Å². The highest BCUT2D eigenvalue weighted by Gasteiger charge is 2.10. The molecule has 0 radical (unpaired) electrons. The highest BCUT2D eigenvalue weighted by Crippen LogP contribution is 2.20. The van der Waals surface area contributed by atoms with E-state index in [0.717, 1.165) is 11.8 Å². The van der Waals surface area contributed by atoms with Crippen molar-refractivity contribution in [1.82, 2.24) is 9.88 Å². The Kier molecular flexibility index (Phi) is 6.65. The number of amides is 1. The van der Waals surface area contributed by atoms with Crippen molar-refractivity contribution in [2.75, 3.05) is 6.26 Å². The molecule has 0 bridgehead atoms. The molecule has 0 saturated heterocycles. The van der Waals surface area contributed by atoms with Gasteiger partial charge in [0, 0.05) is 35.1 Å². The minimum absolute atomic E-state index is 0.201. The molecule has 1 heterocycles. The van der Waals surface area contributed by atoms with E-state index in [0.29, 0.717) is 21.2 Å². The molecule has 0 fully saturated rings. The fourth-order valence-electron chi connectivity index (χ4n) is 2.77. The summed E-state index contributed by atoms with van der Waals surface area (Å²) in [4.78, 5) is 24.9. The van der Waals surface area contributed by atoms with Gasteiger partial charge in [-0.2, -0.15) is 0 Å². The zero-order valence-electron chi connectivity index (χ0n) is 15.9. The van der Waals surface area contributed by atoms with E-state index in [9.17, 15) is 18.0 Å². The van der Waals surface area contributed by atoms with Gasteiger partial charge in [0.1, 0.15) is 0 Å². The first-order valence-corrected chi connectivity index (χ1v) is 11.5. The second kappa shape index (κ2) is 9.04. The number of nitrogens with zero attached hydrogens (tertiary/aromatic N) is 1. The lowest BCUT2D eigenvalue weighted by atomic mass is 10.2. The van der Waals surface area contributed by atoms with Gasteiger partial charge in [0.05, 0.1) is 17.0 Å². The minimum Gasteiger partial charge on any atom is -0.348 e. The van der Waals surface area contributed by atoms with Gasteiger partial charge >= 0.3 is 0 Å². The number of benzene rings is 2. The van der Waals surface area contributed by atoms with Gasteiger partial charge in [-0.3, -0.25) is 9.59 Å². The third kappa shape index (κ3) is 5.50. The minimum atomic E-state index is -3.29. The first-order chi connectivity index (χ1) is 14.1. The van der Waals surface area contributed by atoms with Crippen LogP contribution in [0, 0.1) is 0 Å². The molecule has 0 aliphatic rings. The molecule has 6 nitrogen and oxygen atoms in total. The molecular weight excluding hydrogens is 447 g/mol. The van der Waals surface area contributed by atoms with Crippen molar-refractivity contribution in [3.05, 3.63) is 97.9 Å². The third-order valence-corrected chi connectivity index (χ3v) is 6.12. The van der Waals surface area contributed by atoms with Crippen LogP contribution in [-0.4, -0.2) is 25.1 Å². The van der Waals surface area contributed by atoms with Crippen LogP contribution in [0.4, 0.5) is 0 Å². The van der Waals surface area contributed by atoms with Crippen molar-refractivity contribution in [3.8, 4) is 0 Å². The summed E-state index contributed by atoms with van der Waals surface area (Å²) in [5.74, 6) is -0.359. The molecule has 156 valence electrons. The summed E-state index contributed by atoms with van der Waals surface area (Å²) in [6, 6.07) is 14.0. The van der Waals surface area contributed by atoms with Crippen LogP contribution in [0.5, 0.6) is 0 Å². The number of aromatic nitrogens is 1. The number of rotatable bonds is 6. The number of halogens is 2. The Morgan fingerprint density at radius 1 is 1.03 bits per heavy atom. The molecule has 0 unspecified atom stereocenters. The fourth-order valence-corrected chi connectivity index (χ4v) is 3.88. The van der Waals surface area contributed by atoms with Crippen molar-refractivity contribution < 1.29 is 13.2 Å². The van der Waals surface area contributed by atoms with E-state index in [1.165, 1.54) is 35.0 Å². The average molecular weight is 465 g/mol. The van der Waals surface area contributed by atoms with E-state index in [4.69, 9.17) is 23.2 Å². The number of sulfone groups is 1. The Labute approximate surface area is 184 Å². The number of hydrogen-bond acceptors (Lipinski definition) is 4. The van der Waals surface area contributed by atoms with Crippen molar-refractivity contribution in [3.63, 3.8) is 0 Å². The van der Waals surface area contributed by atoms with E-state index >= 15 is 0 Å². The van der Waals surface area contributed by atoms with E-state index in [1.54, 1.807) is 30.3 Å². The molecule has 30 heavy (non-hydrogen) atoms. The lowest BCUT2D eigenvalue weighted by Crippen LogP contribution is -2.26. The first kappa shape index (κ1) is 22.1. The van der Waals surface area contributed by atoms with Crippen molar-refractivity contribution in [1.29, 1.82) is 0 Å². The molecule has 0 spiro atoms. The molecule has 1 N–H and O–H groups in total. The second-order valence-electron chi connectivity index (χ2n) is 6.72. The SMILES string of the molecule is CS(=O)(=O)c1ccc(Cn2cc(C(=O)NCc3ccc(Cl)cc3Cl)ccc2=O)cc1. The molecule has 3 aromatic rings. The summed E-state index contributed by atoms with van der Waals surface area (Å²) in [5.41, 5.74) is 1.48. The van der Waals surface area contributed by atoms with Crippen LogP contribution < -0.4 is 10.9 Å². The lowest BCUT2D eigenvalue weighted by Gasteiger charge is -2.10. The van der Waals surface area contributed by atoms with Crippen LogP contribution in [-0.2, 0) is 22.9 Å². The summed E-state index contributed by atoms with van der Waals surface area (Å²) in [6.45, 7) is 0.411. The van der Waals surface area contributed by atoms with Crippen LogP contribution >= 0.6 is 23.2 Å². The lowest BCUT2D eigenvalue weighted by molar-refractivity contribution is 0.0950. The summed E-state index contributed by atoms with van der Waals surface area (Å²) in [7, 11) is -3.29. The van der Waals surface area contributed by atoms with Crippen LogP contribution in [0.3, 0.4) is 0 Å². The molecule has 1 aromatic heterocycles. The topological polar surface area (TPSA) is 85.2 Å². The number of nitrogens with one attached hydrogen (secondary N) is 1. The third-order valence-electron chi connectivity index (χ3n) is 4.40. The monoisotopic (exact) mass is 464 g/mol. The molecule has 0 aliphatic carbocycles. The maximum atomic E-state index is 12.5. The Balaban J connectivity index is 1.74. The number of carbonyl (C=O) groups is 1. The van der Waals surface area contributed by atoms with E-state index < -0.39 is 9.84 Å². The van der Waals surface area contributed by atoms with Gasteiger partial charge in [0.25, 0.3) is 11.5 Å². The van der Waals surface area contributed by atoms with Gasteiger partial charge < -0.3 is 9.88 Å². The van der Waals surface area contributed by atoms with E-state index in [2.05, 4.69) is 5.32 Å². The molecule has 3 rings (SSSR count). The standard InChI is InChI=1S/C21H18Cl2N2O4S/c1-30(28,29)18-7-2-14(3-8-18)12-25-13-16(5-9-20(25)26)21(27)24-11-15-4-6-17(22)10-19(15)23/h2-10,13H,11-12H2,1H3,(H,24,27). The Morgan fingerprint density at radius 3 is 2.37 bits per heavy atom. The zero-order chi connectivity index (χ0) is 21.9. The Morgan fingerprint density at radius 2 is 1.73 bits per heavy atom. The van der Waals surface area contributed by atoms with Crippen LogP contribution in [0.15, 0.2) is 70.5 Å². The van der Waals surface area contributed by atoms with E-state index in [-0.39, 0.29) is 29.5 Å². The fraction of sp³-hybridized carbons (Fsp3) is 0.143. The largest absolute Gasteiger partial charge is 0.348 e. The summed E-state index contributed by atoms with van der Waals surface area (Å²) in [6.07, 6.45) is 2.59. The molecular formula is C21H18Cl2N2O4S. The van der Waals surface area contributed by atoms with E-state index in [1.807, 2.05) is 0 Å². The number of pyridine rings is 1. The smallest absolute Gasteiger partial charge is 0.253 e. The number of carbonyl (C=O) groups excluding carboxylic acids is 1. The zero-order valence-corrected chi connectivity index (χ0v) is 18.3. The Bertz CT molecular complexity index is 1250. The predicted molar refractivity (Wildman–Crippen MR) is 117 cm³/mol. The highest BCUT2D eigenvalue weighted by molar-refractivity contribution is 7.90. The highest BCUT2D eigenvalue weighted by atomic mass is 35.5. The van der Waals surface area contributed by atoms with Gasteiger partial charge in [0.15, 0.2) is 9.84 Å². The summed E-state index contributed by atoms with van der Waals surface area (Å²) >= 11 is 12.0. The summed E-state index contributed by atoms with van der Waals surface area (Å²) < 4.78 is 24.5. The normalized spacial score (nSPS) is 11.3.